The maximum Gasteiger partial charge on any atom is 0.108 e. The van der Waals surface area contributed by atoms with E-state index in [0.717, 1.165) is 13.1 Å². The third-order valence-corrected chi connectivity index (χ3v) is 3.73. The van der Waals surface area contributed by atoms with E-state index < -0.39 is 0 Å². The van der Waals surface area contributed by atoms with Crippen molar-refractivity contribution in [3.8, 4) is 0 Å². The first-order valence-corrected chi connectivity index (χ1v) is 6.65. The first kappa shape index (κ1) is 11.7. The van der Waals surface area contributed by atoms with Crippen molar-refractivity contribution in [3.05, 3.63) is 23.7 Å². The van der Waals surface area contributed by atoms with Crippen molar-refractivity contribution < 1.29 is 4.42 Å². The summed E-state index contributed by atoms with van der Waals surface area (Å²) < 4.78 is 6.03. The Morgan fingerprint density at radius 1 is 1.38 bits per heavy atom. The van der Waals surface area contributed by atoms with Crippen molar-refractivity contribution in [3.63, 3.8) is 0 Å². The molecule has 0 aromatic carbocycles. The highest BCUT2D eigenvalue weighted by Gasteiger charge is 2.20. The highest BCUT2D eigenvalue weighted by atomic mass is 16.3. The van der Waals surface area contributed by atoms with Gasteiger partial charge in [-0.05, 0) is 44.4 Å². The molecule has 16 heavy (non-hydrogen) atoms. The molecule has 1 aliphatic rings. The van der Waals surface area contributed by atoms with Crippen LogP contribution in [0.2, 0.25) is 0 Å². The predicted octanol–water partition coefficient (Wildman–Crippen LogP) is 3.65. The molecule has 90 valence electrons. The van der Waals surface area contributed by atoms with Gasteiger partial charge in [0.2, 0.25) is 0 Å². The van der Waals surface area contributed by atoms with E-state index in [1.807, 2.05) is 0 Å². The van der Waals surface area contributed by atoms with Crippen molar-refractivity contribution in [2.75, 3.05) is 13.1 Å². The van der Waals surface area contributed by atoms with E-state index in [9.17, 15) is 0 Å². The number of nitrogens with one attached hydrogen (secondary N) is 1. The Bertz CT molecular complexity index is 308. The summed E-state index contributed by atoms with van der Waals surface area (Å²) in [5.41, 5.74) is 0. The van der Waals surface area contributed by atoms with Crippen molar-refractivity contribution in [2.45, 2.75) is 51.4 Å². The molecule has 1 aromatic heterocycles. The van der Waals surface area contributed by atoms with Crippen molar-refractivity contribution in [1.82, 2.24) is 5.32 Å². The second-order valence-electron chi connectivity index (χ2n) is 4.80. The lowest BCUT2D eigenvalue weighted by atomic mass is 9.97. The van der Waals surface area contributed by atoms with Crippen LogP contribution >= 0.6 is 0 Å². The molecule has 2 nitrogen and oxygen atoms in total. The van der Waals surface area contributed by atoms with E-state index in [4.69, 9.17) is 4.42 Å². The Hall–Kier alpha value is -0.760. The molecule has 1 fully saturated rings. The molecule has 1 N–H and O–H groups in total. The van der Waals surface area contributed by atoms with Crippen molar-refractivity contribution in [2.24, 2.45) is 0 Å². The van der Waals surface area contributed by atoms with Crippen LogP contribution in [0.5, 0.6) is 0 Å². The maximum atomic E-state index is 6.03. The molecule has 1 unspecified atom stereocenters. The molecule has 2 rings (SSSR count). The minimum Gasteiger partial charge on any atom is -0.465 e. The molecular weight excluding hydrogens is 198 g/mol. The quantitative estimate of drug-likeness (QED) is 0.839. The van der Waals surface area contributed by atoms with Gasteiger partial charge in [-0.25, -0.2) is 0 Å². The first-order chi connectivity index (χ1) is 7.85. The van der Waals surface area contributed by atoms with Gasteiger partial charge < -0.3 is 9.73 Å². The molecule has 0 radical (unpaired) electrons. The van der Waals surface area contributed by atoms with E-state index in [-0.39, 0.29) is 0 Å². The van der Waals surface area contributed by atoms with Gasteiger partial charge in [0.1, 0.15) is 11.5 Å². The Balaban J connectivity index is 2.05. The molecule has 0 amide bonds. The van der Waals surface area contributed by atoms with Gasteiger partial charge in [0.25, 0.3) is 0 Å². The summed E-state index contributed by atoms with van der Waals surface area (Å²) in [5.74, 6) is 3.57. The number of rotatable bonds is 4. The fraction of sp³-hybridized carbons (Fsp3) is 0.714. The van der Waals surface area contributed by atoms with E-state index in [2.05, 4.69) is 31.3 Å². The van der Waals surface area contributed by atoms with Crippen molar-refractivity contribution >= 4 is 0 Å². The highest BCUT2D eigenvalue weighted by molar-refractivity contribution is 5.15. The summed E-state index contributed by atoms with van der Waals surface area (Å²) in [6, 6.07) is 4.37. The smallest absolute Gasteiger partial charge is 0.108 e. The molecule has 2 heteroatoms. The molecule has 0 saturated carbocycles. The summed E-state index contributed by atoms with van der Waals surface area (Å²) in [5, 5.41) is 3.44. The molecule has 1 aliphatic heterocycles. The lowest BCUT2D eigenvalue weighted by Crippen LogP contribution is -2.28. The van der Waals surface area contributed by atoms with Gasteiger partial charge in [0.15, 0.2) is 0 Å². The standard InChI is InChI=1S/C14H23NO/c1-3-11(4-2)13-7-8-14(16-13)12-6-5-9-15-10-12/h7-8,11-12,15H,3-6,9-10H2,1-2H3. The number of hydrogen-bond acceptors (Lipinski definition) is 2. The highest BCUT2D eigenvalue weighted by Crippen LogP contribution is 2.30. The molecule has 0 aliphatic carbocycles. The van der Waals surface area contributed by atoms with E-state index >= 15 is 0 Å². The predicted molar refractivity (Wildman–Crippen MR) is 66.9 cm³/mol. The average molecular weight is 221 g/mol. The second kappa shape index (κ2) is 5.53. The second-order valence-corrected chi connectivity index (χ2v) is 4.80. The minimum atomic E-state index is 0.594. The molecule has 2 heterocycles. The van der Waals surface area contributed by atoms with E-state index in [0.29, 0.717) is 11.8 Å². The van der Waals surface area contributed by atoms with Gasteiger partial charge >= 0.3 is 0 Å². The van der Waals surface area contributed by atoms with Crippen LogP contribution in [-0.2, 0) is 0 Å². The lowest BCUT2D eigenvalue weighted by Gasteiger charge is -2.20. The average Bonchev–Trinajstić information content (AvgIpc) is 2.81. The first-order valence-electron chi connectivity index (χ1n) is 6.65. The van der Waals surface area contributed by atoms with Gasteiger partial charge in [-0.2, -0.15) is 0 Å². The molecule has 1 saturated heterocycles. The zero-order chi connectivity index (χ0) is 11.4. The normalized spacial score (nSPS) is 21.6. The van der Waals surface area contributed by atoms with Crippen LogP contribution in [0.25, 0.3) is 0 Å². The molecule has 1 atom stereocenters. The summed E-state index contributed by atoms with van der Waals surface area (Å²) in [6.45, 7) is 6.71. The SMILES string of the molecule is CCC(CC)c1ccc(C2CCCNC2)o1. The fourth-order valence-electron chi connectivity index (χ4n) is 2.59. The topological polar surface area (TPSA) is 25.2 Å². The summed E-state index contributed by atoms with van der Waals surface area (Å²) in [4.78, 5) is 0. The minimum absolute atomic E-state index is 0.594. The van der Waals surface area contributed by atoms with Gasteiger partial charge in [-0.3, -0.25) is 0 Å². The van der Waals surface area contributed by atoms with Crippen LogP contribution < -0.4 is 5.32 Å². The Morgan fingerprint density at radius 3 is 2.81 bits per heavy atom. The third kappa shape index (κ3) is 2.49. The Labute approximate surface area is 98.4 Å². The van der Waals surface area contributed by atoms with Crippen molar-refractivity contribution in [1.29, 1.82) is 0 Å². The molecule has 1 aromatic rings. The van der Waals surface area contributed by atoms with Crippen LogP contribution in [-0.4, -0.2) is 13.1 Å². The van der Waals surface area contributed by atoms with Gasteiger partial charge in [-0.1, -0.05) is 13.8 Å². The zero-order valence-corrected chi connectivity index (χ0v) is 10.5. The van der Waals surface area contributed by atoms with Crippen LogP contribution in [0.1, 0.15) is 62.9 Å². The maximum absolute atomic E-state index is 6.03. The number of furan rings is 1. The largest absolute Gasteiger partial charge is 0.465 e. The van der Waals surface area contributed by atoms with Crippen LogP contribution in [0.3, 0.4) is 0 Å². The Kier molecular flexibility index (Phi) is 4.05. The third-order valence-electron chi connectivity index (χ3n) is 3.73. The van der Waals surface area contributed by atoms with Crippen LogP contribution in [0.4, 0.5) is 0 Å². The van der Waals surface area contributed by atoms with Gasteiger partial charge in [-0.15, -0.1) is 0 Å². The molecule has 0 bridgehead atoms. The van der Waals surface area contributed by atoms with E-state index in [1.165, 1.54) is 37.2 Å². The molecular formula is C14H23NO. The number of piperidine rings is 1. The van der Waals surface area contributed by atoms with Crippen LogP contribution in [0.15, 0.2) is 16.5 Å². The lowest BCUT2D eigenvalue weighted by molar-refractivity contribution is 0.358. The number of hydrogen-bond donors (Lipinski definition) is 1. The summed E-state index contributed by atoms with van der Waals surface area (Å²) in [7, 11) is 0. The van der Waals surface area contributed by atoms with E-state index in [1.54, 1.807) is 0 Å². The van der Waals surface area contributed by atoms with Gasteiger partial charge in [0.05, 0.1) is 0 Å². The Morgan fingerprint density at radius 2 is 2.19 bits per heavy atom. The zero-order valence-electron chi connectivity index (χ0n) is 10.5. The van der Waals surface area contributed by atoms with Crippen LogP contribution in [0, 0.1) is 0 Å². The fourth-order valence-corrected chi connectivity index (χ4v) is 2.59. The monoisotopic (exact) mass is 221 g/mol. The van der Waals surface area contributed by atoms with Gasteiger partial charge in [0, 0.05) is 18.4 Å². The summed E-state index contributed by atoms with van der Waals surface area (Å²) in [6.07, 6.45) is 4.88. The molecule has 0 spiro atoms. The summed E-state index contributed by atoms with van der Waals surface area (Å²) >= 11 is 0.